The van der Waals surface area contributed by atoms with Crippen molar-refractivity contribution in [2.75, 3.05) is 33.2 Å². The second-order valence-corrected chi connectivity index (χ2v) is 4.92. The van der Waals surface area contributed by atoms with Gasteiger partial charge in [-0.15, -0.1) is 0 Å². The van der Waals surface area contributed by atoms with Crippen LogP contribution in [0.4, 0.5) is 0 Å². The van der Waals surface area contributed by atoms with Crippen LogP contribution in [0.2, 0.25) is 0 Å². The van der Waals surface area contributed by atoms with Gasteiger partial charge in [0.15, 0.2) is 0 Å². The van der Waals surface area contributed by atoms with Crippen LogP contribution in [0.15, 0.2) is 0 Å². The van der Waals surface area contributed by atoms with Crippen molar-refractivity contribution >= 4 is 11.9 Å². The fourth-order valence-corrected chi connectivity index (χ4v) is 1.97. The average molecular weight is 228 g/mol. The second-order valence-electron chi connectivity index (χ2n) is 4.92. The van der Waals surface area contributed by atoms with Gasteiger partial charge in [-0.3, -0.25) is 14.5 Å². The molecule has 16 heavy (non-hydrogen) atoms. The summed E-state index contributed by atoms with van der Waals surface area (Å²) in [5.41, 5.74) is 0. The SMILES string of the molecule is CC(C)CN1CC(C(=O)O)CN(C)CC1=O. The van der Waals surface area contributed by atoms with E-state index in [0.29, 0.717) is 32.1 Å². The van der Waals surface area contributed by atoms with Gasteiger partial charge in [0.25, 0.3) is 0 Å². The normalized spacial score (nSPS) is 23.6. The summed E-state index contributed by atoms with van der Waals surface area (Å²) >= 11 is 0. The standard InChI is InChI=1S/C11H20N2O3/c1-8(2)4-13-6-9(11(15)16)5-12(3)7-10(13)14/h8-9H,4-7H2,1-3H3,(H,15,16). The first-order valence-corrected chi connectivity index (χ1v) is 5.59. The van der Waals surface area contributed by atoms with E-state index < -0.39 is 11.9 Å². The zero-order valence-corrected chi connectivity index (χ0v) is 10.1. The lowest BCUT2D eigenvalue weighted by atomic mass is 10.1. The molecular formula is C11H20N2O3. The van der Waals surface area contributed by atoms with Crippen LogP contribution < -0.4 is 0 Å². The van der Waals surface area contributed by atoms with Crippen LogP contribution in [0.5, 0.6) is 0 Å². The van der Waals surface area contributed by atoms with E-state index in [2.05, 4.69) is 0 Å². The highest BCUT2D eigenvalue weighted by Gasteiger charge is 2.30. The first-order valence-electron chi connectivity index (χ1n) is 5.59. The summed E-state index contributed by atoms with van der Waals surface area (Å²) in [6.07, 6.45) is 0. The molecule has 5 heteroatoms. The summed E-state index contributed by atoms with van der Waals surface area (Å²) in [7, 11) is 1.78. The highest BCUT2D eigenvalue weighted by atomic mass is 16.4. The number of aliphatic carboxylic acids is 1. The van der Waals surface area contributed by atoms with Crippen molar-refractivity contribution in [1.82, 2.24) is 9.80 Å². The minimum Gasteiger partial charge on any atom is -0.481 e. The first-order chi connectivity index (χ1) is 7.40. The molecule has 5 nitrogen and oxygen atoms in total. The number of likely N-dealkylation sites (N-methyl/N-ethyl adjacent to an activating group) is 1. The highest BCUT2D eigenvalue weighted by Crippen LogP contribution is 2.11. The molecule has 1 aliphatic rings. The minimum atomic E-state index is -0.824. The maximum atomic E-state index is 11.8. The topological polar surface area (TPSA) is 60.9 Å². The van der Waals surface area contributed by atoms with Crippen LogP contribution in [0.1, 0.15) is 13.8 Å². The van der Waals surface area contributed by atoms with Crippen molar-refractivity contribution in [3.63, 3.8) is 0 Å². The Hall–Kier alpha value is -1.10. The van der Waals surface area contributed by atoms with Gasteiger partial charge < -0.3 is 10.0 Å². The van der Waals surface area contributed by atoms with Gasteiger partial charge in [-0.25, -0.2) is 0 Å². The lowest BCUT2D eigenvalue weighted by Crippen LogP contribution is -2.39. The molecule has 1 heterocycles. The molecule has 0 aromatic heterocycles. The quantitative estimate of drug-likeness (QED) is 0.745. The maximum Gasteiger partial charge on any atom is 0.309 e. The first kappa shape index (κ1) is 13.0. The summed E-state index contributed by atoms with van der Waals surface area (Å²) in [6, 6.07) is 0. The monoisotopic (exact) mass is 228 g/mol. The van der Waals surface area contributed by atoms with Gasteiger partial charge in [-0.2, -0.15) is 0 Å². The predicted octanol–water partition coefficient (Wildman–Crippen LogP) is 0.117. The molecule has 1 N–H and O–H groups in total. The summed E-state index contributed by atoms with van der Waals surface area (Å²) in [5, 5.41) is 9.05. The Morgan fingerprint density at radius 2 is 2.12 bits per heavy atom. The van der Waals surface area contributed by atoms with Gasteiger partial charge in [-0.05, 0) is 13.0 Å². The molecule has 1 fully saturated rings. The minimum absolute atomic E-state index is 0.0277. The Labute approximate surface area is 96.0 Å². The molecule has 1 unspecified atom stereocenters. The molecule has 0 aromatic rings. The Kier molecular flexibility index (Phi) is 4.29. The van der Waals surface area contributed by atoms with Crippen molar-refractivity contribution in [3.8, 4) is 0 Å². The molecule has 1 amide bonds. The van der Waals surface area contributed by atoms with Gasteiger partial charge in [0, 0.05) is 19.6 Å². The average Bonchev–Trinajstić information content (AvgIpc) is 2.25. The van der Waals surface area contributed by atoms with Crippen LogP contribution in [-0.4, -0.2) is 60.0 Å². The molecule has 0 spiro atoms. The molecule has 1 aliphatic heterocycles. The van der Waals surface area contributed by atoms with Crippen molar-refractivity contribution in [2.24, 2.45) is 11.8 Å². The number of hydrogen-bond donors (Lipinski definition) is 1. The molecule has 0 radical (unpaired) electrons. The largest absolute Gasteiger partial charge is 0.481 e. The van der Waals surface area contributed by atoms with Crippen LogP contribution in [0.3, 0.4) is 0 Å². The lowest BCUT2D eigenvalue weighted by molar-refractivity contribution is -0.142. The van der Waals surface area contributed by atoms with E-state index in [1.807, 2.05) is 13.8 Å². The number of carboxylic acids is 1. The van der Waals surface area contributed by atoms with E-state index in [1.54, 1.807) is 16.8 Å². The third kappa shape index (κ3) is 3.48. The summed E-state index contributed by atoms with van der Waals surface area (Å²) < 4.78 is 0. The fourth-order valence-electron chi connectivity index (χ4n) is 1.97. The summed E-state index contributed by atoms with van der Waals surface area (Å²) in [6.45, 7) is 5.77. The predicted molar refractivity (Wildman–Crippen MR) is 60.0 cm³/mol. The van der Waals surface area contributed by atoms with E-state index >= 15 is 0 Å². The van der Waals surface area contributed by atoms with Crippen molar-refractivity contribution in [3.05, 3.63) is 0 Å². The number of nitrogens with zero attached hydrogens (tertiary/aromatic N) is 2. The number of carbonyl (C=O) groups is 2. The van der Waals surface area contributed by atoms with Crippen molar-refractivity contribution < 1.29 is 14.7 Å². The van der Waals surface area contributed by atoms with Crippen LogP contribution in [-0.2, 0) is 9.59 Å². The Morgan fingerprint density at radius 1 is 1.50 bits per heavy atom. The van der Waals surface area contributed by atoms with Gasteiger partial charge in [0.05, 0.1) is 12.5 Å². The smallest absolute Gasteiger partial charge is 0.309 e. The molecule has 0 aliphatic carbocycles. The Bertz CT molecular complexity index is 278. The molecule has 0 bridgehead atoms. The molecule has 1 rings (SSSR count). The molecule has 0 saturated carbocycles. The van der Waals surface area contributed by atoms with Gasteiger partial charge in [0.2, 0.25) is 5.91 Å². The van der Waals surface area contributed by atoms with Crippen LogP contribution in [0.25, 0.3) is 0 Å². The van der Waals surface area contributed by atoms with Gasteiger partial charge >= 0.3 is 5.97 Å². The second kappa shape index (κ2) is 5.30. The van der Waals surface area contributed by atoms with Crippen LogP contribution >= 0.6 is 0 Å². The molecule has 0 aromatic carbocycles. The number of hydrogen-bond acceptors (Lipinski definition) is 3. The number of amides is 1. The third-order valence-electron chi connectivity index (χ3n) is 2.67. The Morgan fingerprint density at radius 3 is 2.62 bits per heavy atom. The zero-order chi connectivity index (χ0) is 12.3. The molecule has 92 valence electrons. The number of carboxylic acid groups (broad SMARTS) is 1. The van der Waals surface area contributed by atoms with E-state index in [0.717, 1.165) is 0 Å². The van der Waals surface area contributed by atoms with Gasteiger partial charge in [0.1, 0.15) is 0 Å². The zero-order valence-electron chi connectivity index (χ0n) is 10.1. The van der Waals surface area contributed by atoms with E-state index in [1.165, 1.54) is 0 Å². The number of rotatable bonds is 3. The van der Waals surface area contributed by atoms with Crippen LogP contribution in [0, 0.1) is 11.8 Å². The molecular weight excluding hydrogens is 208 g/mol. The summed E-state index contributed by atoms with van der Waals surface area (Å²) in [4.78, 5) is 26.3. The van der Waals surface area contributed by atoms with Crippen molar-refractivity contribution in [1.29, 1.82) is 0 Å². The molecule has 1 atom stereocenters. The molecule has 1 saturated heterocycles. The highest BCUT2D eigenvalue weighted by molar-refractivity contribution is 5.80. The van der Waals surface area contributed by atoms with E-state index in [4.69, 9.17) is 5.11 Å². The van der Waals surface area contributed by atoms with E-state index in [9.17, 15) is 9.59 Å². The van der Waals surface area contributed by atoms with Crippen molar-refractivity contribution in [2.45, 2.75) is 13.8 Å². The lowest BCUT2D eigenvalue weighted by Gasteiger charge is -2.24. The Balaban J connectivity index is 2.74. The van der Waals surface area contributed by atoms with Gasteiger partial charge in [-0.1, -0.05) is 13.8 Å². The van der Waals surface area contributed by atoms with E-state index in [-0.39, 0.29) is 5.91 Å². The fraction of sp³-hybridized carbons (Fsp3) is 0.818. The number of carbonyl (C=O) groups excluding carboxylic acids is 1. The maximum absolute atomic E-state index is 11.8. The third-order valence-corrected chi connectivity index (χ3v) is 2.67. The summed E-state index contributed by atoms with van der Waals surface area (Å²) in [5.74, 6) is -0.910.